The highest BCUT2D eigenvalue weighted by molar-refractivity contribution is 7.88. The first kappa shape index (κ1) is 23.5. The third kappa shape index (κ3) is 5.36. The number of carbonyl (C=O) groups excluding carboxylic acids is 2. The van der Waals surface area contributed by atoms with Crippen LogP contribution in [0.4, 0.5) is 5.69 Å². The molecule has 2 aliphatic rings. The summed E-state index contributed by atoms with van der Waals surface area (Å²) in [5.41, 5.74) is 0.660. The van der Waals surface area contributed by atoms with Gasteiger partial charge >= 0.3 is 0 Å². The van der Waals surface area contributed by atoms with E-state index in [9.17, 15) is 23.1 Å². The maximum Gasteiger partial charge on any atom is 0.258 e. The summed E-state index contributed by atoms with van der Waals surface area (Å²) in [7, 11) is -1.96. The third-order valence-corrected chi connectivity index (χ3v) is 7.18. The maximum atomic E-state index is 13.3. The molecule has 3 rings (SSSR count). The number of amides is 2. The lowest BCUT2D eigenvalue weighted by Gasteiger charge is -2.38. The Bertz CT molecular complexity index is 946. The van der Waals surface area contributed by atoms with Crippen LogP contribution >= 0.6 is 0 Å². The molecule has 0 radical (unpaired) electrons. The van der Waals surface area contributed by atoms with Crippen LogP contribution in [0.25, 0.3) is 0 Å². The fraction of sp³-hybridized carbons (Fsp3) is 0.619. The van der Waals surface area contributed by atoms with Crippen molar-refractivity contribution in [3.8, 4) is 5.75 Å². The van der Waals surface area contributed by atoms with Crippen molar-refractivity contribution in [1.29, 1.82) is 0 Å². The normalized spacial score (nSPS) is 22.9. The molecular weight excluding hydrogens is 422 g/mol. The number of para-hydroxylation sites is 1. The van der Waals surface area contributed by atoms with Crippen LogP contribution in [0.2, 0.25) is 0 Å². The van der Waals surface area contributed by atoms with Gasteiger partial charge in [0.25, 0.3) is 5.91 Å². The zero-order valence-electron chi connectivity index (χ0n) is 18.4. The van der Waals surface area contributed by atoms with E-state index >= 15 is 0 Å². The van der Waals surface area contributed by atoms with E-state index in [1.807, 2.05) is 6.92 Å². The second kappa shape index (κ2) is 9.13. The number of fused-ring (bicyclic) bond motifs is 1. The highest BCUT2D eigenvalue weighted by Gasteiger charge is 2.36. The average molecular weight is 454 g/mol. The van der Waals surface area contributed by atoms with Gasteiger partial charge in [-0.1, -0.05) is 13.0 Å². The second-order valence-corrected chi connectivity index (χ2v) is 10.7. The molecule has 0 spiro atoms. The first-order valence-electron chi connectivity index (χ1n) is 10.5. The molecule has 1 aliphatic carbocycles. The number of rotatable bonds is 7. The standard InChI is InChI=1S/C21H31N3O6S/c1-13-10-24(14(2)12-25)21(27)16-6-5-7-17(22-20(26)15-8-9-15)19(16)30-18(13)11-23(3)31(4,28)29/h5-7,13-15,18,25H,8-12H2,1-4H3,(H,22,26)/t13-,14+,18+/m1/s1. The number of nitrogens with one attached hydrogen (secondary N) is 1. The van der Waals surface area contributed by atoms with Crippen molar-refractivity contribution in [2.45, 2.75) is 38.8 Å². The van der Waals surface area contributed by atoms with Gasteiger partial charge in [-0.2, -0.15) is 0 Å². The number of aliphatic hydroxyl groups is 1. The first-order valence-corrected chi connectivity index (χ1v) is 12.3. The maximum absolute atomic E-state index is 13.3. The number of ether oxygens (including phenoxy) is 1. The molecule has 1 aromatic rings. The lowest BCUT2D eigenvalue weighted by molar-refractivity contribution is -0.117. The number of nitrogens with zero attached hydrogens (tertiary/aromatic N) is 2. The topological polar surface area (TPSA) is 116 Å². The summed E-state index contributed by atoms with van der Waals surface area (Å²) < 4.78 is 31.4. The minimum Gasteiger partial charge on any atom is -0.486 e. The van der Waals surface area contributed by atoms with Crippen LogP contribution < -0.4 is 10.1 Å². The summed E-state index contributed by atoms with van der Waals surface area (Å²) in [4.78, 5) is 27.3. The SMILES string of the molecule is C[C@@H]1CN([C@@H](C)CO)C(=O)c2cccc(NC(=O)C3CC3)c2O[C@H]1CN(C)S(C)(=O)=O. The van der Waals surface area contributed by atoms with E-state index in [-0.39, 0.29) is 48.1 Å². The predicted octanol–water partition coefficient (Wildman–Crippen LogP) is 1.15. The molecule has 172 valence electrons. The number of aliphatic hydroxyl groups excluding tert-OH is 1. The van der Waals surface area contributed by atoms with Crippen LogP contribution in [0.1, 0.15) is 37.0 Å². The van der Waals surface area contributed by atoms with Crippen molar-refractivity contribution in [2.75, 3.05) is 38.3 Å². The molecule has 31 heavy (non-hydrogen) atoms. The quantitative estimate of drug-likeness (QED) is 0.640. The largest absolute Gasteiger partial charge is 0.486 e. The van der Waals surface area contributed by atoms with Gasteiger partial charge in [-0.3, -0.25) is 9.59 Å². The van der Waals surface area contributed by atoms with Crippen molar-refractivity contribution < 1.29 is 27.9 Å². The molecule has 3 atom stereocenters. The molecule has 1 fully saturated rings. The van der Waals surface area contributed by atoms with Crippen molar-refractivity contribution >= 4 is 27.5 Å². The fourth-order valence-electron chi connectivity index (χ4n) is 3.53. The van der Waals surface area contributed by atoms with E-state index < -0.39 is 22.2 Å². The van der Waals surface area contributed by atoms with Gasteiger partial charge in [0.05, 0.1) is 36.7 Å². The first-order chi connectivity index (χ1) is 14.5. The zero-order chi connectivity index (χ0) is 22.9. The average Bonchev–Trinajstić information content (AvgIpc) is 3.55. The smallest absolute Gasteiger partial charge is 0.258 e. The Kier molecular flexibility index (Phi) is 6.92. The van der Waals surface area contributed by atoms with Gasteiger partial charge in [0.15, 0.2) is 5.75 Å². The van der Waals surface area contributed by atoms with Crippen molar-refractivity contribution in [1.82, 2.24) is 9.21 Å². The van der Waals surface area contributed by atoms with Gasteiger partial charge in [-0.15, -0.1) is 0 Å². The van der Waals surface area contributed by atoms with Gasteiger partial charge in [-0.25, -0.2) is 12.7 Å². The Balaban J connectivity index is 2.03. The Morgan fingerprint density at radius 1 is 1.39 bits per heavy atom. The monoisotopic (exact) mass is 453 g/mol. The van der Waals surface area contributed by atoms with Crippen LogP contribution in [0.3, 0.4) is 0 Å². The van der Waals surface area contributed by atoms with E-state index in [2.05, 4.69) is 5.32 Å². The Morgan fingerprint density at radius 3 is 2.65 bits per heavy atom. The Morgan fingerprint density at radius 2 is 2.06 bits per heavy atom. The van der Waals surface area contributed by atoms with Gasteiger partial charge in [-0.05, 0) is 31.9 Å². The summed E-state index contributed by atoms with van der Waals surface area (Å²) >= 11 is 0. The van der Waals surface area contributed by atoms with E-state index in [4.69, 9.17) is 4.74 Å². The molecule has 9 nitrogen and oxygen atoms in total. The Hall–Kier alpha value is -2.17. The third-order valence-electron chi connectivity index (χ3n) is 5.90. The summed E-state index contributed by atoms with van der Waals surface area (Å²) in [5.74, 6) is -0.458. The van der Waals surface area contributed by atoms with Gasteiger partial charge in [0, 0.05) is 25.4 Å². The number of anilines is 1. The molecule has 1 aliphatic heterocycles. The molecule has 1 aromatic carbocycles. The van der Waals surface area contributed by atoms with Gasteiger partial charge in [0.1, 0.15) is 6.10 Å². The zero-order valence-corrected chi connectivity index (χ0v) is 19.2. The second-order valence-electron chi connectivity index (χ2n) is 8.61. The number of carbonyl (C=O) groups is 2. The highest BCUT2D eigenvalue weighted by atomic mass is 32.2. The minimum atomic E-state index is -3.44. The summed E-state index contributed by atoms with van der Waals surface area (Å²) in [6, 6.07) is 4.54. The number of sulfonamides is 1. The van der Waals surface area contributed by atoms with E-state index in [0.29, 0.717) is 12.2 Å². The van der Waals surface area contributed by atoms with E-state index in [1.54, 1.807) is 30.0 Å². The van der Waals surface area contributed by atoms with Crippen molar-refractivity contribution in [3.63, 3.8) is 0 Å². The molecule has 1 saturated carbocycles. The molecule has 0 aromatic heterocycles. The summed E-state index contributed by atoms with van der Waals surface area (Å²) in [6.07, 6.45) is 2.22. The van der Waals surface area contributed by atoms with Crippen LogP contribution in [-0.4, -0.2) is 79.7 Å². The lowest BCUT2D eigenvalue weighted by atomic mass is 9.99. The molecule has 10 heteroatoms. The minimum absolute atomic E-state index is 0.0305. The summed E-state index contributed by atoms with van der Waals surface area (Å²) in [6.45, 7) is 3.80. The van der Waals surface area contributed by atoms with Crippen LogP contribution in [-0.2, 0) is 14.8 Å². The Labute approximate surface area is 183 Å². The van der Waals surface area contributed by atoms with Crippen LogP contribution in [0.15, 0.2) is 18.2 Å². The molecule has 2 amide bonds. The van der Waals surface area contributed by atoms with E-state index in [0.717, 1.165) is 19.1 Å². The predicted molar refractivity (Wildman–Crippen MR) is 116 cm³/mol. The number of hydrogen-bond acceptors (Lipinski definition) is 6. The molecule has 0 saturated heterocycles. The van der Waals surface area contributed by atoms with Crippen LogP contribution in [0, 0.1) is 11.8 Å². The molecule has 2 N–H and O–H groups in total. The van der Waals surface area contributed by atoms with Gasteiger partial charge < -0.3 is 20.1 Å². The molecule has 0 bridgehead atoms. The number of likely N-dealkylation sites (N-methyl/N-ethyl adjacent to an activating group) is 1. The summed E-state index contributed by atoms with van der Waals surface area (Å²) in [5, 5.41) is 12.6. The highest BCUT2D eigenvalue weighted by Crippen LogP contribution is 2.37. The fourth-order valence-corrected chi connectivity index (χ4v) is 3.95. The van der Waals surface area contributed by atoms with Crippen molar-refractivity contribution in [2.24, 2.45) is 11.8 Å². The molecule has 1 heterocycles. The van der Waals surface area contributed by atoms with Crippen LogP contribution in [0.5, 0.6) is 5.75 Å². The number of benzene rings is 1. The van der Waals surface area contributed by atoms with E-state index in [1.165, 1.54) is 11.4 Å². The van der Waals surface area contributed by atoms with Crippen molar-refractivity contribution in [3.05, 3.63) is 23.8 Å². The molecule has 0 unspecified atom stereocenters. The number of hydrogen-bond donors (Lipinski definition) is 2. The molecular formula is C21H31N3O6S. The lowest BCUT2D eigenvalue weighted by Crippen LogP contribution is -2.50. The van der Waals surface area contributed by atoms with Gasteiger partial charge in [0.2, 0.25) is 15.9 Å².